The molecular formula is C23H24N2O5. The average molecular weight is 408 g/mol. The molecule has 2 heterocycles. The van der Waals surface area contributed by atoms with E-state index in [0.29, 0.717) is 23.4 Å². The van der Waals surface area contributed by atoms with E-state index < -0.39 is 12.1 Å². The van der Waals surface area contributed by atoms with E-state index in [4.69, 9.17) is 9.15 Å². The number of nitrogens with zero attached hydrogens (tertiary/aromatic N) is 1. The summed E-state index contributed by atoms with van der Waals surface area (Å²) in [6.45, 7) is 7.20. The van der Waals surface area contributed by atoms with Crippen LogP contribution in [0, 0.1) is 13.8 Å². The Balaban J connectivity index is 1.69. The van der Waals surface area contributed by atoms with Gasteiger partial charge in [0, 0.05) is 29.6 Å². The van der Waals surface area contributed by atoms with Crippen molar-refractivity contribution in [2.75, 3.05) is 5.32 Å². The second-order valence-corrected chi connectivity index (χ2v) is 7.12. The average Bonchev–Trinajstić information content (AvgIpc) is 3.31. The van der Waals surface area contributed by atoms with Gasteiger partial charge in [-0.15, -0.1) is 0 Å². The predicted molar refractivity (Wildman–Crippen MR) is 112 cm³/mol. The van der Waals surface area contributed by atoms with E-state index in [2.05, 4.69) is 5.32 Å². The third kappa shape index (κ3) is 4.68. The van der Waals surface area contributed by atoms with Gasteiger partial charge >= 0.3 is 5.97 Å². The van der Waals surface area contributed by atoms with Crippen LogP contribution in [0.15, 0.2) is 53.1 Å². The summed E-state index contributed by atoms with van der Waals surface area (Å²) in [5, 5.41) is 2.64. The van der Waals surface area contributed by atoms with Crippen LogP contribution in [0.2, 0.25) is 0 Å². The monoisotopic (exact) mass is 408 g/mol. The smallest absolute Gasteiger partial charge is 0.340 e. The maximum atomic E-state index is 12.7. The van der Waals surface area contributed by atoms with E-state index in [1.54, 1.807) is 43.5 Å². The topological polar surface area (TPSA) is 90.5 Å². The first kappa shape index (κ1) is 21.1. The minimum absolute atomic E-state index is 0.193. The SMILES string of the molecule is CC(=O)Nc1ccc(C(=O)[C@H](C)OC(=O)c2cc(C)n(Cc3ccco3)c2C)cc1. The molecule has 30 heavy (non-hydrogen) atoms. The Kier molecular flexibility index (Phi) is 6.20. The largest absolute Gasteiger partial charge is 0.467 e. The Hall–Kier alpha value is -3.61. The van der Waals surface area contributed by atoms with Gasteiger partial charge in [-0.2, -0.15) is 0 Å². The lowest BCUT2D eigenvalue weighted by Crippen LogP contribution is -2.24. The zero-order chi connectivity index (χ0) is 21.8. The summed E-state index contributed by atoms with van der Waals surface area (Å²) in [6, 6.07) is 11.9. The summed E-state index contributed by atoms with van der Waals surface area (Å²) in [5.41, 5.74) is 3.04. The van der Waals surface area contributed by atoms with Gasteiger partial charge in [0.1, 0.15) is 5.76 Å². The van der Waals surface area contributed by atoms with E-state index in [-0.39, 0.29) is 11.7 Å². The number of amides is 1. The fraction of sp³-hybridized carbons (Fsp3) is 0.261. The number of Topliss-reactive ketones (excluding diaryl/α,β-unsaturated/α-hetero) is 1. The molecule has 3 aromatic rings. The van der Waals surface area contributed by atoms with Crippen molar-refractivity contribution in [2.24, 2.45) is 0 Å². The van der Waals surface area contributed by atoms with E-state index in [1.807, 2.05) is 30.5 Å². The van der Waals surface area contributed by atoms with Crippen LogP contribution >= 0.6 is 0 Å². The highest BCUT2D eigenvalue weighted by Crippen LogP contribution is 2.20. The van der Waals surface area contributed by atoms with Gasteiger partial charge in [0.25, 0.3) is 0 Å². The van der Waals surface area contributed by atoms with Crippen LogP contribution in [0.3, 0.4) is 0 Å². The van der Waals surface area contributed by atoms with E-state index in [9.17, 15) is 14.4 Å². The molecule has 0 aliphatic rings. The molecule has 1 N–H and O–H groups in total. The lowest BCUT2D eigenvalue weighted by atomic mass is 10.1. The van der Waals surface area contributed by atoms with Crippen LogP contribution in [0.25, 0.3) is 0 Å². The minimum Gasteiger partial charge on any atom is -0.467 e. The maximum Gasteiger partial charge on any atom is 0.340 e. The summed E-state index contributed by atoms with van der Waals surface area (Å²) in [7, 11) is 0. The fourth-order valence-corrected chi connectivity index (χ4v) is 3.24. The molecule has 0 fully saturated rings. The Labute approximate surface area is 174 Å². The third-order valence-corrected chi connectivity index (χ3v) is 4.83. The van der Waals surface area contributed by atoms with Crippen LogP contribution in [0.1, 0.15) is 51.7 Å². The van der Waals surface area contributed by atoms with Crippen molar-refractivity contribution in [1.82, 2.24) is 4.57 Å². The highest BCUT2D eigenvalue weighted by molar-refractivity contribution is 6.02. The molecule has 0 saturated heterocycles. The number of carbonyl (C=O) groups is 3. The van der Waals surface area contributed by atoms with Crippen molar-refractivity contribution < 1.29 is 23.5 Å². The second kappa shape index (κ2) is 8.82. The van der Waals surface area contributed by atoms with E-state index in [0.717, 1.165) is 17.1 Å². The van der Waals surface area contributed by atoms with E-state index >= 15 is 0 Å². The molecule has 3 rings (SSSR count). The van der Waals surface area contributed by atoms with Gasteiger partial charge in [-0.1, -0.05) is 0 Å². The van der Waals surface area contributed by atoms with Gasteiger partial charge in [-0.3, -0.25) is 9.59 Å². The molecule has 7 nitrogen and oxygen atoms in total. The summed E-state index contributed by atoms with van der Waals surface area (Å²) in [6.07, 6.45) is 0.659. The van der Waals surface area contributed by atoms with Gasteiger partial charge in [-0.05, 0) is 63.2 Å². The second-order valence-electron chi connectivity index (χ2n) is 7.12. The minimum atomic E-state index is -0.947. The quantitative estimate of drug-likeness (QED) is 0.469. The zero-order valence-electron chi connectivity index (χ0n) is 17.4. The lowest BCUT2D eigenvalue weighted by Gasteiger charge is -2.13. The number of ketones is 1. The lowest BCUT2D eigenvalue weighted by molar-refractivity contribution is -0.114. The molecule has 1 atom stereocenters. The van der Waals surface area contributed by atoms with Crippen molar-refractivity contribution in [1.29, 1.82) is 0 Å². The number of hydrogen-bond donors (Lipinski definition) is 1. The van der Waals surface area contributed by atoms with Crippen molar-refractivity contribution in [3.63, 3.8) is 0 Å². The molecule has 156 valence electrons. The number of furan rings is 1. The first-order chi connectivity index (χ1) is 14.3. The standard InChI is InChI=1S/C23H24N2O5/c1-14-12-21(15(2)25(14)13-20-6-5-11-29-20)23(28)30-16(3)22(27)18-7-9-19(10-8-18)24-17(4)26/h5-12,16H,13H2,1-4H3,(H,24,26)/t16-/m0/s1. The molecule has 0 bridgehead atoms. The number of benzene rings is 1. The van der Waals surface area contributed by atoms with E-state index in [1.165, 1.54) is 6.92 Å². The normalized spacial score (nSPS) is 11.7. The summed E-state index contributed by atoms with van der Waals surface area (Å²) in [4.78, 5) is 36.4. The Morgan fingerprint density at radius 1 is 1.13 bits per heavy atom. The van der Waals surface area contributed by atoms with Crippen LogP contribution < -0.4 is 5.32 Å². The summed E-state index contributed by atoms with van der Waals surface area (Å²) >= 11 is 0. The highest BCUT2D eigenvalue weighted by Gasteiger charge is 2.23. The predicted octanol–water partition coefficient (Wildman–Crippen LogP) is 4.13. The molecule has 0 aliphatic carbocycles. The number of nitrogens with one attached hydrogen (secondary N) is 1. The Morgan fingerprint density at radius 3 is 2.43 bits per heavy atom. The Morgan fingerprint density at radius 2 is 1.83 bits per heavy atom. The zero-order valence-corrected chi connectivity index (χ0v) is 17.4. The van der Waals surface area contributed by atoms with Gasteiger partial charge in [0.05, 0.1) is 18.4 Å². The molecule has 0 spiro atoms. The molecule has 2 aromatic heterocycles. The Bertz CT molecular complexity index is 1060. The van der Waals surface area contributed by atoms with Gasteiger partial charge in [0.2, 0.25) is 11.7 Å². The number of hydrogen-bond acceptors (Lipinski definition) is 5. The van der Waals surface area contributed by atoms with Crippen molar-refractivity contribution in [2.45, 2.75) is 40.3 Å². The first-order valence-corrected chi connectivity index (χ1v) is 9.58. The van der Waals surface area contributed by atoms with Crippen LogP contribution in [-0.4, -0.2) is 28.3 Å². The number of aryl methyl sites for hydroxylation is 1. The summed E-state index contributed by atoms with van der Waals surface area (Å²) in [5.74, 6) is -0.282. The number of ether oxygens (including phenoxy) is 1. The summed E-state index contributed by atoms with van der Waals surface area (Å²) < 4.78 is 12.8. The fourth-order valence-electron chi connectivity index (χ4n) is 3.24. The van der Waals surface area contributed by atoms with Crippen LogP contribution in [0.5, 0.6) is 0 Å². The molecule has 0 unspecified atom stereocenters. The van der Waals surface area contributed by atoms with Crippen molar-refractivity contribution in [3.05, 3.63) is 77.0 Å². The van der Waals surface area contributed by atoms with Crippen molar-refractivity contribution in [3.8, 4) is 0 Å². The number of anilines is 1. The first-order valence-electron chi connectivity index (χ1n) is 9.58. The molecule has 0 radical (unpaired) electrons. The molecule has 0 aliphatic heterocycles. The van der Waals surface area contributed by atoms with Crippen LogP contribution in [-0.2, 0) is 16.1 Å². The van der Waals surface area contributed by atoms with Gasteiger partial charge < -0.3 is 19.0 Å². The molecule has 1 aromatic carbocycles. The molecule has 1 amide bonds. The van der Waals surface area contributed by atoms with Crippen molar-refractivity contribution >= 4 is 23.3 Å². The highest BCUT2D eigenvalue weighted by atomic mass is 16.5. The molecular weight excluding hydrogens is 384 g/mol. The van der Waals surface area contributed by atoms with Gasteiger partial charge in [0.15, 0.2) is 6.10 Å². The van der Waals surface area contributed by atoms with Crippen LogP contribution in [0.4, 0.5) is 5.69 Å². The number of carbonyl (C=O) groups excluding carboxylic acids is 3. The molecule has 0 saturated carbocycles. The maximum absolute atomic E-state index is 12.7. The number of esters is 1. The van der Waals surface area contributed by atoms with Gasteiger partial charge in [-0.25, -0.2) is 4.79 Å². The number of rotatable bonds is 7. The third-order valence-electron chi connectivity index (χ3n) is 4.83. The molecule has 7 heteroatoms. The number of aromatic nitrogens is 1.